The summed E-state index contributed by atoms with van der Waals surface area (Å²) in [4.78, 5) is 5.48. The first-order valence-electron chi connectivity index (χ1n) is 11.0. The van der Waals surface area contributed by atoms with Gasteiger partial charge in [0.15, 0.2) is 0 Å². The van der Waals surface area contributed by atoms with Crippen LogP contribution in [0.5, 0.6) is 0 Å². The van der Waals surface area contributed by atoms with Crippen molar-refractivity contribution in [2.75, 3.05) is 46.0 Å². The third-order valence-electron chi connectivity index (χ3n) is 8.34. The van der Waals surface area contributed by atoms with E-state index in [0.717, 1.165) is 19.8 Å². The van der Waals surface area contributed by atoms with E-state index >= 15 is 0 Å². The molecular formula is C22H40N2O2. The Morgan fingerprint density at radius 2 is 1.19 bits per heavy atom. The third-order valence-corrected chi connectivity index (χ3v) is 8.34. The molecule has 0 unspecified atom stereocenters. The summed E-state index contributed by atoms with van der Waals surface area (Å²) < 4.78 is 11.4. The van der Waals surface area contributed by atoms with Crippen LogP contribution in [0.3, 0.4) is 0 Å². The van der Waals surface area contributed by atoms with Crippen molar-refractivity contribution < 1.29 is 9.47 Å². The van der Waals surface area contributed by atoms with Crippen molar-refractivity contribution in [1.29, 1.82) is 0 Å². The Hall–Kier alpha value is -0.160. The summed E-state index contributed by atoms with van der Waals surface area (Å²) in [7, 11) is 0. The molecule has 0 saturated carbocycles. The molecule has 4 saturated heterocycles. The maximum Gasteiger partial charge on any atom is 0.0728 e. The lowest BCUT2D eigenvalue weighted by Gasteiger charge is -2.53. The van der Waals surface area contributed by atoms with Crippen LogP contribution in [-0.2, 0) is 9.47 Å². The number of ether oxygens (including phenoxy) is 2. The highest BCUT2D eigenvalue weighted by Crippen LogP contribution is 2.42. The van der Waals surface area contributed by atoms with E-state index in [-0.39, 0.29) is 5.60 Å². The van der Waals surface area contributed by atoms with Gasteiger partial charge in [0.25, 0.3) is 0 Å². The van der Waals surface area contributed by atoms with E-state index in [1.807, 2.05) is 0 Å². The summed E-state index contributed by atoms with van der Waals surface area (Å²) in [5.41, 5.74) is 1.40. The van der Waals surface area contributed by atoms with E-state index in [0.29, 0.717) is 16.5 Å². The zero-order chi connectivity index (χ0) is 18.5. The summed E-state index contributed by atoms with van der Waals surface area (Å²) in [6.07, 6.45) is 8.96. The van der Waals surface area contributed by atoms with Crippen molar-refractivity contribution in [2.45, 2.75) is 89.3 Å². The second-order valence-corrected chi connectivity index (χ2v) is 10.9. The molecule has 2 spiro atoms. The molecule has 4 aliphatic heterocycles. The minimum Gasteiger partial charge on any atom is -0.380 e. The molecule has 4 rings (SSSR count). The largest absolute Gasteiger partial charge is 0.380 e. The highest BCUT2D eigenvalue weighted by molar-refractivity contribution is 4.98. The van der Waals surface area contributed by atoms with Crippen LogP contribution in [0, 0.1) is 5.41 Å². The predicted molar refractivity (Wildman–Crippen MR) is 106 cm³/mol. The van der Waals surface area contributed by atoms with Gasteiger partial charge in [0.2, 0.25) is 0 Å². The van der Waals surface area contributed by atoms with Gasteiger partial charge in [-0.2, -0.15) is 0 Å². The molecule has 0 radical (unpaired) electrons. The van der Waals surface area contributed by atoms with Crippen molar-refractivity contribution in [2.24, 2.45) is 5.41 Å². The van der Waals surface area contributed by atoms with E-state index in [1.165, 1.54) is 71.1 Å². The van der Waals surface area contributed by atoms with Crippen LogP contribution < -0.4 is 0 Å². The second-order valence-electron chi connectivity index (χ2n) is 10.9. The van der Waals surface area contributed by atoms with Crippen LogP contribution in [0.2, 0.25) is 0 Å². The fourth-order valence-corrected chi connectivity index (χ4v) is 5.50. The Balaban J connectivity index is 1.26. The highest BCUT2D eigenvalue weighted by atomic mass is 16.5. The van der Waals surface area contributed by atoms with Gasteiger partial charge >= 0.3 is 0 Å². The van der Waals surface area contributed by atoms with E-state index in [9.17, 15) is 0 Å². The summed E-state index contributed by atoms with van der Waals surface area (Å²) in [6, 6.07) is 0. The summed E-state index contributed by atoms with van der Waals surface area (Å²) in [6.45, 7) is 17.8. The van der Waals surface area contributed by atoms with Crippen molar-refractivity contribution in [3.63, 3.8) is 0 Å². The maximum absolute atomic E-state index is 5.90. The average molecular weight is 365 g/mol. The summed E-state index contributed by atoms with van der Waals surface area (Å²) in [5, 5.41) is 0. The smallest absolute Gasteiger partial charge is 0.0728 e. The van der Waals surface area contributed by atoms with Crippen LogP contribution >= 0.6 is 0 Å². The quantitative estimate of drug-likeness (QED) is 0.743. The molecule has 26 heavy (non-hydrogen) atoms. The summed E-state index contributed by atoms with van der Waals surface area (Å²) in [5.74, 6) is 0. The number of likely N-dealkylation sites (tertiary alicyclic amines) is 2. The van der Waals surface area contributed by atoms with Crippen LogP contribution in [0.15, 0.2) is 0 Å². The minimum atomic E-state index is 0.265. The van der Waals surface area contributed by atoms with Crippen LogP contribution in [0.4, 0.5) is 0 Å². The zero-order valence-electron chi connectivity index (χ0n) is 17.6. The van der Waals surface area contributed by atoms with E-state index in [4.69, 9.17) is 9.47 Å². The Labute approximate surface area is 160 Å². The molecule has 4 heterocycles. The number of hydrogen-bond donors (Lipinski definition) is 0. The van der Waals surface area contributed by atoms with Gasteiger partial charge in [-0.1, -0.05) is 0 Å². The molecule has 0 aliphatic carbocycles. The Morgan fingerprint density at radius 1 is 0.731 bits per heavy atom. The van der Waals surface area contributed by atoms with Crippen molar-refractivity contribution in [3.8, 4) is 0 Å². The van der Waals surface area contributed by atoms with Gasteiger partial charge < -0.3 is 9.47 Å². The molecule has 0 bridgehead atoms. The predicted octanol–water partition coefficient (Wildman–Crippen LogP) is 3.69. The van der Waals surface area contributed by atoms with Crippen molar-refractivity contribution >= 4 is 0 Å². The molecule has 4 nitrogen and oxygen atoms in total. The Kier molecular flexibility index (Phi) is 4.95. The SMILES string of the molecule is CC(C)(CCC(C)(C)N1CCC2(CCO2)CC1)N1CCC2(CC1)COC2. The monoisotopic (exact) mass is 364 g/mol. The van der Waals surface area contributed by atoms with Gasteiger partial charge in [0.05, 0.1) is 25.4 Å². The Morgan fingerprint density at radius 3 is 1.54 bits per heavy atom. The fraction of sp³-hybridized carbons (Fsp3) is 1.00. The van der Waals surface area contributed by atoms with Gasteiger partial charge in [0.1, 0.15) is 0 Å². The molecule has 150 valence electrons. The maximum atomic E-state index is 5.90. The van der Waals surface area contributed by atoms with Crippen LogP contribution in [0.25, 0.3) is 0 Å². The number of nitrogens with zero attached hydrogens (tertiary/aromatic N) is 2. The third kappa shape index (κ3) is 3.59. The average Bonchev–Trinajstić information content (AvgIpc) is 2.58. The second kappa shape index (κ2) is 6.72. The molecule has 0 N–H and O–H groups in total. The molecule has 0 aromatic carbocycles. The van der Waals surface area contributed by atoms with Crippen LogP contribution in [-0.4, -0.2) is 72.5 Å². The molecular weight excluding hydrogens is 324 g/mol. The van der Waals surface area contributed by atoms with Crippen molar-refractivity contribution in [3.05, 3.63) is 0 Å². The highest BCUT2D eigenvalue weighted by Gasteiger charge is 2.45. The van der Waals surface area contributed by atoms with E-state index in [1.54, 1.807) is 0 Å². The van der Waals surface area contributed by atoms with Crippen LogP contribution in [0.1, 0.15) is 72.6 Å². The molecule has 0 amide bonds. The molecule has 4 heteroatoms. The molecule has 4 aliphatic rings. The zero-order valence-corrected chi connectivity index (χ0v) is 17.6. The first-order valence-corrected chi connectivity index (χ1v) is 11.0. The normalized spacial score (nSPS) is 29.5. The van der Waals surface area contributed by atoms with E-state index < -0.39 is 0 Å². The lowest BCUT2D eigenvalue weighted by Crippen LogP contribution is -2.58. The van der Waals surface area contributed by atoms with Gasteiger partial charge in [-0.15, -0.1) is 0 Å². The first-order chi connectivity index (χ1) is 12.2. The topological polar surface area (TPSA) is 24.9 Å². The number of rotatable bonds is 5. The molecule has 0 aromatic rings. The number of piperidine rings is 2. The number of hydrogen-bond acceptors (Lipinski definition) is 4. The van der Waals surface area contributed by atoms with Gasteiger partial charge in [-0.3, -0.25) is 9.80 Å². The molecule has 4 fully saturated rings. The standard InChI is InChI=1S/C22H40N2O2/c1-19(2,23-12-7-21(8-13-23)17-25-18-21)5-6-20(3,4)24-14-9-22(10-15-24)11-16-26-22/h5-18H2,1-4H3. The molecule has 0 aromatic heterocycles. The van der Waals surface area contributed by atoms with Gasteiger partial charge in [-0.05, 0) is 85.7 Å². The Bertz CT molecular complexity index is 442. The fourth-order valence-electron chi connectivity index (χ4n) is 5.50. The lowest BCUT2D eigenvalue weighted by molar-refractivity contribution is -0.179. The summed E-state index contributed by atoms with van der Waals surface area (Å²) >= 11 is 0. The lowest BCUT2D eigenvalue weighted by atomic mass is 9.75. The van der Waals surface area contributed by atoms with Gasteiger partial charge in [0, 0.05) is 29.6 Å². The first kappa shape index (κ1) is 19.2. The molecule has 0 atom stereocenters. The van der Waals surface area contributed by atoms with Crippen molar-refractivity contribution in [1.82, 2.24) is 9.80 Å². The minimum absolute atomic E-state index is 0.265. The van der Waals surface area contributed by atoms with Gasteiger partial charge in [-0.25, -0.2) is 0 Å². The van der Waals surface area contributed by atoms with E-state index in [2.05, 4.69) is 37.5 Å².